The summed E-state index contributed by atoms with van der Waals surface area (Å²) in [5.74, 6) is 1.71. The largest absolute Gasteiger partial charge is 0.497 e. The molecule has 0 spiro atoms. The molecule has 1 N–H and O–H groups in total. The number of methoxy groups -OCH3 is 2. The van der Waals surface area contributed by atoms with Crippen molar-refractivity contribution in [3.63, 3.8) is 0 Å². The molecule has 0 saturated heterocycles. The number of aromatic amines is 1. The summed E-state index contributed by atoms with van der Waals surface area (Å²) in [6, 6.07) is 23.0. The van der Waals surface area contributed by atoms with E-state index in [4.69, 9.17) is 9.47 Å². The van der Waals surface area contributed by atoms with Crippen LogP contribution < -0.4 is 9.47 Å². The van der Waals surface area contributed by atoms with Crippen molar-refractivity contribution in [3.8, 4) is 33.2 Å². The van der Waals surface area contributed by atoms with Crippen molar-refractivity contribution in [2.24, 2.45) is 0 Å². The first-order chi connectivity index (χ1) is 14.2. The number of rotatable bonds is 4. The molecular formula is C25H21NO2S. The van der Waals surface area contributed by atoms with Crippen LogP contribution in [0.1, 0.15) is 5.56 Å². The van der Waals surface area contributed by atoms with Crippen LogP contribution in [0.4, 0.5) is 0 Å². The lowest BCUT2D eigenvalue weighted by Crippen LogP contribution is -1.85. The van der Waals surface area contributed by atoms with E-state index in [1.54, 1.807) is 14.2 Å². The third-order valence-corrected chi connectivity index (χ3v) is 6.75. The van der Waals surface area contributed by atoms with Gasteiger partial charge in [0.15, 0.2) is 0 Å². The molecular weight excluding hydrogens is 378 g/mol. The second-order valence-corrected chi connectivity index (χ2v) is 8.12. The Morgan fingerprint density at radius 3 is 2.24 bits per heavy atom. The monoisotopic (exact) mass is 399 g/mol. The van der Waals surface area contributed by atoms with E-state index in [1.807, 2.05) is 29.5 Å². The molecule has 0 unspecified atom stereocenters. The lowest BCUT2D eigenvalue weighted by Gasteiger charge is -2.07. The number of hydrogen-bond acceptors (Lipinski definition) is 3. The van der Waals surface area contributed by atoms with E-state index in [0.29, 0.717) is 0 Å². The third kappa shape index (κ3) is 2.88. The lowest BCUT2D eigenvalue weighted by atomic mass is 9.99. The fourth-order valence-corrected chi connectivity index (χ4v) is 5.15. The summed E-state index contributed by atoms with van der Waals surface area (Å²) in [4.78, 5) is 4.95. The summed E-state index contributed by atoms with van der Waals surface area (Å²) in [7, 11) is 3.40. The smallest absolute Gasteiger partial charge is 0.119 e. The Bertz CT molecular complexity index is 1330. The van der Waals surface area contributed by atoms with Gasteiger partial charge in [-0.2, -0.15) is 0 Å². The standard InChI is InChI=1S/C25H21NO2S/c1-15-19-6-4-5-7-22(19)29-25(15)24-23(16-8-10-17(27-2)11-9-16)20-14-18(28-3)12-13-21(20)26-24/h4-14,26H,1-3H3. The molecule has 0 amide bonds. The van der Waals surface area contributed by atoms with Gasteiger partial charge in [0.25, 0.3) is 0 Å². The molecule has 144 valence electrons. The molecule has 3 aromatic carbocycles. The van der Waals surface area contributed by atoms with Crippen molar-refractivity contribution in [1.82, 2.24) is 4.98 Å². The fraction of sp³-hybridized carbons (Fsp3) is 0.120. The highest BCUT2D eigenvalue weighted by molar-refractivity contribution is 7.22. The van der Waals surface area contributed by atoms with Crippen LogP contribution in [-0.2, 0) is 0 Å². The van der Waals surface area contributed by atoms with Crippen LogP contribution in [0.2, 0.25) is 0 Å². The minimum Gasteiger partial charge on any atom is -0.497 e. The topological polar surface area (TPSA) is 34.2 Å². The Morgan fingerprint density at radius 1 is 0.793 bits per heavy atom. The van der Waals surface area contributed by atoms with Gasteiger partial charge in [-0.3, -0.25) is 0 Å². The summed E-state index contributed by atoms with van der Waals surface area (Å²) in [5.41, 5.74) is 5.90. The number of fused-ring (bicyclic) bond motifs is 2. The minimum atomic E-state index is 0.853. The molecule has 2 heterocycles. The molecule has 5 aromatic rings. The molecule has 0 bridgehead atoms. The summed E-state index contributed by atoms with van der Waals surface area (Å²) < 4.78 is 12.2. The van der Waals surface area contributed by atoms with Crippen LogP contribution in [0.15, 0.2) is 66.7 Å². The van der Waals surface area contributed by atoms with E-state index < -0.39 is 0 Å². The van der Waals surface area contributed by atoms with Crippen LogP contribution in [-0.4, -0.2) is 19.2 Å². The van der Waals surface area contributed by atoms with Crippen LogP contribution in [0, 0.1) is 6.92 Å². The number of aromatic nitrogens is 1. The van der Waals surface area contributed by atoms with E-state index in [0.717, 1.165) is 33.7 Å². The SMILES string of the molecule is COc1ccc(-c2c(-c3sc4ccccc4c3C)[nH]c3ccc(OC)cc23)cc1. The van der Waals surface area contributed by atoms with Gasteiger partial charge in [-0.15, -0.1) is 11.3 Å². The number of hydrogen-bond donors (Lipinski definition) is 1. The van der Waals surface area contributed by atoms with Crippen LogP contribution >= 0.6 is 11.3 Å². The average Bonchev–Trinajstić information content (AvgIpc) is 3.31. The predicted octanol–water partition coefficient (Wildman–Crippen LogP) is 7.04. The van der Waals surface area contributed by atoms with Crippen molar-refractivity contribution in [3.05, 3.63) is 72.3 Å². The van der Waals surface area contributed by atoms with Crippen LogP contribution in [0.3, 0.4) is 0 Å². The van der Waals surface area contributed by atoms with Gasteiger partial charge in [0, 0.05) is 21.2 Å². The molecule has 0 atom stereocenters. The van der Waals surface area contributed by atoms with E-state index in [1.165, 1.54) is 26.1 Å². The molecule has 5 rings (SSSR count). The fourth-order valence-electron chi connectivity index (χ4n) is 3.94. The Kier molecular flexibility index (Phi) is 4.29. The van der Waals surface area contributed by atoms with Crippen molar-refractivity contribution >= 4 is 32.3 Å². The summed E-state index contributed by atoms with van der Waals surface area (Å²) in [5, 5.41) is 2.46. The second kappa shape index (κ2) is 6.98. The number of thiophene rings is 1. The normalized spacial score (nSPS) is 11.3. The van der Waals surface area contributed by atoms with Gasteiger partial charge in [0.05, 0.1) is 24.8 Å². The van der Waals surface area contributed by atoms with Crippen molar-refractivity contribution in [2.75, 3.05) is 14.2 Å². The number of aryl methyl sites for hydroxylation is 1. The summed E-state index contributed by atoms with van der Waals surface area (Å²) in [6.07, 6.45) is 0. The van der Waals surface area contributed by atoms with Crippen molar-refractivity contribution in [2.45, 2.75) is 6.92 Å². The lowest BCUT2D eigenvalue weighted by molar-refractivity contribution is 0.415. The van der Waals surface area contributed by atoms with Gasteiger partial charge in [-0.25, -0.2) is 0 Å². The molecule has 0 aliphatic rings. The summed E-state index contributed by atoms with van der Waals surface area (Å²) in [6.45, 7) is 2.21. The number of ether oxygens (including phenoxy) is 2. The first kappa shape index (κ1) is 17.8. The summed E-state index contributed by atoms with van der Waals surface area (Å²) >= 11 is 1.83. The highest BCUT2D eigenvalue weighted by atomic mass is 32.1. The van der Waals surface area contributed by atoms with Crippen LogP contribution in [0.5, 0.6) is 11.5 Å². The highest BCUT2D eigenvalue weighted by Gasteiger charge is 2.20. The molecule has 0 fully saturated rings. The van der Waals surface area contributed by atoms with E-state index in [2.05, 4.69) is 60.4 Å². The highest BCUT2D eigenvalue weighted by Crippen LogP contribution is 2.45. The third-order valence-electron chi connectivity index (χ3n) is 5.46. The molecule has 2 aromatic heterocycles. The zero-order chi connectivity index (χ0) is 20.0. The van der Waals surface area contributed by atoms with Crippen molar-refractivity contribution in [1.29, 1.82) is 0 Å². The Labute approximate surface area is 173 Å². The van der Waals surface area contributed by atoms with Gasteiger partial charge in [-0.05, 0) is 59.8 Å². The maximum absolute atomic E-state index is 5.51. The maximum Gasteiger partial charge on any atom is 0.119 e. The van der Waals surface area contributed by atoms with Gasteiger partial charge in [0.1, 0.15) is 11.5 Å². The van der Waals surface area contributed by atoms with E-state index in [9.17, 15) is 0 Å². The number of nitrogens with one attached hydrogen (secondary N) is 1. The Balaban J connectivity index is 1.83. The molecule has 0 radical (unpaired) electrons. The first-order valence-electron chi connectivity index (χ1n) is 9.52. The first-order valence-corrected chi connectivity index (χ1v) is 10.3. The zero-order valence-corrected chi connectivity index (χ0v) is 17.4. The minimum absolute atomic E-state index is 0.853. The number of benzene rings is 3. The molecule has 3 nitrogen and oxygen atoms in total. The van der Waals surface area contributed by atoms with Gasteiger partial charge >= 0.3 is 0 Å². The van der Waals surface area contributed by atoms with E-state index >= 15 is 0 Å². The van der Waals surface area contributed by atoms with E-state index in [-0.39, 0.29) is 0 Å². The van der Waals surface area contributed by atoms with Crippen molar-refractivity contribution < 1.29 is 9.47 Å². The number of H-pyrrole nitrogens is 1. The molecule has 0 saturated carbocycles. The van der Waals surface area contributed by atoms with Gasteiger partial charge in [-0.1, -0.05) is 30.3 Å². The maximum atomic E-state index is 5.51. The predicted molar refractivity (Wildman–Crippen MR) is 122 cm³/mol. The quantitative estimate of drug-likeness (QED) is 0.351. The average molecular weight is 400 g/mol. The Hall–Kier alpha value is -3.24. The Morgan fingerprint density at radius 2 is 1.52 bits per heavy atom. The molecule has 29 heavy (non-hydrogen) atoms. The van der Waals surface area contributed by atoms with Gasteiger partial charge in [0.2, 0.25) is 0 Å². The van der Waals surface area contributed by atoms with Gasteiger partial charge < -0.3 is 14.5 Å². The molecule has 4 heteroatoms. The molecule has 0 aliphatic heterocycles. The van der Waals surface area contributed by atoms with Crippen LogP contribution in [0.25, 0.3) is 42.7 Å². The zero-order valence-electron chi connectivity index (χ0n) is 16.6. The molecule has 0 aliphatic carbocycles. The second-order valence-electron chi connectivity index (χ2n) is 7.07.